The van der Waals surface area contributed by atoms with Crippen molar-refractivity contribution in [3.05, 3.63) is 70.8 Å². The Hall–Kier alpha value is -1.93. The molecule has 1 N–H and O–H groups in total. The Balaban J connectivity index is 2.27. The Bertz CT molecular complexity index is 742. The second kappa shape index (κ2) is 7.96. The molecule has 0 aliphatic carbocycles. The third-order valence-electron chi connectivity index (χ3n) is 4.08. The van der Waals surface area contributed by atoms with E-state index in [1.807, 2.05) is 30.3 Å². The minimum Gasteiger partial charge on any atom is -0.413 e. The van der Waals surface area contributed by atoms with Gasteiger partial charge in [-0.1, -0.05) is 57.2 Å². The SMILES string of the molecule is C[SiH](C)OC(c1ccc([C@H](O)c2cccc(C#N)c2)cc1)C(C)(C)C. The van der Waals surface area contributed by atoms with Gasteiger partial charge in [0.05, 0.1) is 17.7 Å². The maximum absolute atomic E-state index is 10.6. The minimum atomic E-state index is -1.17. The van der Waals surface area contributed by atoms with Crippen LogP contribution < -0.4 is 0 Å². The molecule has 0 aliphatic heterocycles. The van der Waals surface area contributed by atoms with E-state index < -0.39 is 15.1 Å². The smallest absolute Gasteiger partial charge is 0.171 e. The lowest BCUT2D eigenvalue weighted by Crippen LogP contribution is -2.25. The topological polar surface area (TPSA) is 53.2 Å². The molecule has 0 aliphatic rings. The van der Waals surface area contributed by atoms with E-state index in [2.05, 4.69) is 39.9 Å². The molecule has 0 heterocycles. The molecule has 25 heavy (non-hydrogen) atoms. The highest BCUT2D eigenvalue weighted by molar-refractivity contribution is 6.48. The molecule has 0 bridgehead atoms. The number of hydrogen-bond donors (Lipinski definition) is 1. The van der Waals surface area contributed by atoms with Crippen molar-refractivity contribution < 1.29 is 9.53 Å². The summed E-state index contributed by atoms with van der Waals surface area (Å²) in [5.41, 5.74) is 3.24. The molecule has 2 aromatic rings. The van der Waals surface area contributed by atoms with E-state index in [1.54, 1.807) is 18.2 Å². The van der Waals surface area contributed by atoms with Crippen LogP contribution >= 0.6 is 0 Å². The quantitative estimate of drug-likeness (QED) is 0.791. The number of nitriles is 1. The molecule has 0 aromatic heterocycles. The highest BCUT2D eigenvalue weighted by Crippen LogP contribution is 2.37. The van der Waals surface area contributed by atoms with Gasteiger partial charge >= 0.3 is 0 Å². The largest absolute Gasteiger partial charge is 0.413 e. The third-order valence-corrected chi connectivity index (χ3v) is 4.90. The van der Waals surface area contributed by atoms with Crippen molar-refractivity contribution in [2.24, 2.45) is 5.41 Å². The number of aliphatic hydroxyl groups is 1. The fraction of sp³-hybridized carbons (Fsp3) is 0.381. The van der Waals surface area contributed by atoms with Crippen molar-refractivity contribution in [2.45, 2.75) is 46.1 Å². The van der Waals surface area contributed by atoms with E-state index in [0.717, 1.165) is 16.7 Å². The molecule has 2 aromatic carbocycles. The fourth-order valence-corrected chi connectivity index (χ4v) is 3.99. The van der Waals surface area contributed by atoms with Crippen LogP contribution in [0.5, 0.6) is 0 Å². The van der Waals surface area contributed by atoms with E-state index in [0.29, 0.717) is 5.56 Å². The molecule has 0 radical (unpaired) electrons. The first-order valence-corrected chi connectivity index (χ1v) is 11.4. The van der Waals surface area contributed by atoms with Crippen LogP contribution in [0.1, 0.15) is 55.2 Å². The molecule has 0 spiro atoms. The van der Waals surface area contributed by atoms with Crippen LogP contribution in [-0.4, -0.2) is 14.1 Å². The predicted molar refractivity (Wildman–Crippen MR) is 104 cm³/mol. The van der Waals surface area contributed by atoms with E-state index in [-0.39, 0.29) is 11.5 Å². The summed E-state index contributed by atoms with van der Waals surface area (Å²) in [5.74, 6) is 0. The van der Waals surface area contributed by atoms with Gasteiger partial charge in [-0.05, 0) is 47.3 Å². The Morgan fingerprint density at radius 1 is 1.00 bits per heavy atom. The van der Waals surface area contributed by atoms with Crippen molar-refractivity contribution in [1.82, 2.24) is 0 Å². The van der Waals surface area contributed by atoms with Crippen LogP contribution in [0.4, 0.5) is 0 Å². The van der Waals surface area contributed by atoms with Crippen molar-refractivity contribution >= 4 is 9.04 Å². The molecular weight excluding hydrogens is 326 g/mol. The van der Waals surface area contributed by atoms with Crippen LogP contribution in [0.3, 0.4) is 0 Å². The average molecular weight is 354 g/mol. The summed E-state index contributed by atoms with van der Waals surface area (Å²) in [4.78, 5) is 0. The third kappa shape index (κ3) is 5.02. The summed E-state index contributed by atoms with van der Waals surface area (Å²) in [6.07, 6.45) is -0.692. The van der Waals surface area contributed by atoms with Crippen molar-refractivity contribution in [2.75, 3.05) is 0 Å². The second-order valence-electron chi connectivity index (χ2n) is 7.74. The summed E-state index contributed by atoms with van der Waals surface area (Å²) < 4.78 is 6.26. The number of benzene rings is 2. The lowest BCUT2D eigenvalue weighted by molar-refractivity contribution is 0.0865. The number of aliphatic hydroxyl groups excluding tert-OH is 1. The zero-order valence-corrected chi connectivity index (χ0v) is 16.8. The van der Waals surface area contributed by atoms with Gasteiger partial charge in [0, 0.05) is 0 Å². The van der Waals surface area contributed by atoms with Gasteiger partial charge in [0.15, 0.2) is 9.04 Å². The summed E-state index contributed by atoms with van der Waals surface area (Å²) in [7, 11) is -1.17. The summed E-state index contributed by atoms with van der Waals surface area (Å²) in [6.45, 7) is 10.9. The summed E-state index contributed by atoms with van der Waals surface area (Å²) >= 11 is 0. The van der Waals surface area contributed by atoms with Gasteiger partial charge in [0.2, 0.25) is 0 Å². The monoisotopic (exact) mass is 353 g/mol. The Morgan fingerprint density at radius 2 is 1.60 bits per heavy atom. The Morgan fingerprint density at radius 3 is 2.12 bits per heavy atom. The number of rotatable bonds is 5. The van der Waals surface area contributed by atoms with Crippen LogP contribution in [0.2, 0.25) is 13.1 Å². The van der Waals surface area contributed by atoms with Crippen molar-refractivity contribution in [1.29, 1.82) is 5.26 Å². The normalized spacial score (nSPS) is 14.2. The number of nitrogens with zero attached hydrogens (tertiary/aromatic N) is 1. The van der Waals surface area contributed by atoms with Gasteiger partial charge in [-0.3, -0.25) is 0 Å². The highest BCUT2D eigenvalue weighted by Gasteiger charge is 2.28. The van der Waals surface area contributed by atoms with E-state index >= 15 is 0 Å². The van der Waals surface area contributed by atoms with Crippen LogP contribution in [0.25, 0.3) is 0 Å². The van der Waals surface area contributed by atoms with Gasteiger partial charge in [-0.2, -0.15) is 5.26 Å². The summed E-state index contributed by atoms with van der Waals surface area (Å²) in [5, 5.41) is 19.6. The van der Waals surface area contributed by atoms with Crippen molar-refractivity contribution in [3.8, 4) is 6.07 Å². The molecule has 1 unspecified atom stereocenters. The van der Waals surface area contributed by atoms with Gasteiger partial charge in [-0.25, -0.2) is 0 Å². The lowest BCUT2D eigenvalue weighted by atomic mass is 9.84. The first-order chi connectivity index (χ1) is 11.7. The predicted octanol–water partition coefficient (Wildman–Crippen LogP) is 4.73. The molecule has 0 amide bonds. The molecule has 0 saturated carbocycles. The molecule has 4 heteroatoms. The minimum absolute atomic E-state index is 0.0124. The van der Waals surface area contributed by atoms with Gasteiger partial charge in [-0.15, -0.1) is 0 Å². The van der Waals surface area contributed by atoms with E-state index in [4.69, 9.17) is 9.69 Å². The van der Waals surface area contributed by atoms with Gasteiger partial charge in [0.1, 0.15) is 6.10 Å². The standard InChI is InChI=1S/C21H27NO2Si/c1-21(2,3)20(24-25(4)5)17-11-9-16(10-12-17)19(23)18-8-6-7-15(13-18)14-22/h6-13,19-20,23,25H,1-5H3/t19-,20?/m0/s1. The lowest BCUT2D eigenvalue weighted by Gasteiger charge is -2.33. The van der Waals surface area contributed by atoms with Crippen molar-refractivity contribution in [3.63, 3.8) is 0 Å². The van der Waals surface area contributed by atoms with Gasteiger partial charge < -0.3 is 9.53 Å². The zero-order valence-electron chi connectivity index (χ0n) is 15.7. The molecule has 132 valence electrons. The summed E-state index contributed by atoms with van der Waals surface area (Å²) in [6, 6.07) is 17.2. The maximum atomic E-state index is 10.6. The van der Waals surface area contributed by atoms with E-state index in [9.17, 15) is 5.11 Å². The molecule has 0 fully saturated rings. The average Bonchev–Trinajstić information content (AvgIpc) is 2.58. The molecule has 0 saturated heterocycles. The molecule has 2 atom stereocenters. The van der Waals surface area contributed by atoms with Crippen LogP contribution in [0, 0.1) is 16.7 Å². The molecule has 3 nitrogen and oxygen atoms in total. The Kier molecular flexibility index (Phi) is 6.18. The first-order valence-electron chi connectivity index (χ1n) is 8.66. The van der Waals surface area contributed by atoms with Crippen LogP contribution in [-0.2, 0) is 4.43 Å². The zero-order chi connectivity index (χ0) is 18.6. The van der Waals surface area contributed by atoms with Crippen LogP contribution in [0.15, 0.2) is 48.5 Å². The first kappa shape index (κ1) is 19.4. The van der Waals surface area contributed by atoms with Gasteiger partial charge in [0.25, 0.3) is 0 Å². The van der Waals surface area contributed by atoms with E-state index in [1.165, 1.54) is 0 Å². The molecule has 2 rings (SSSR count). The maximum Gasteiger partial charge on any atom is 0.171 e. The fourth-order valence-electron chi connectivity index (χ4n) is 2.88. The number of hydrogen-bond acceptors (Lipinski definition) is 3. The second-order valence-corrected chi connectivity index (χ2v) is 10.1. The highest BCUT2D eigenvalue weighted by atomic mass is 28.3. The Labute approximate surface area is 152 Å². The molecular formula is C21H27NO2Si.